The smallest absolute Gasteiger partial charge is 0.319 e. The van der Waals surface area contributed by atoms with Crippen LogP contribution in [-0.2, 0) is 19.6 Å². The number of rotatable bonds is 7. The number of anilines is 1. The molecule has 1 amide bonds. The van der Waals surface area contributed by atoms with E-state index >= 15 is 0 Å². The Kier molecular flexibility index (Phi) is 7.52. The molecule has 9 heteroatoms. The molecule has 2 N–H and O–H groups in total. The number of nitrogens with one attached hydrogen (secondary N) is 2. The van der Waals surface area contributed by atoms with Crippen LogP contribution in [0.15, 0.2) is 65.6 Å². The van der Waals surface area contributed by atoms with E-state index in [9.17, 15) is 18.0 Å². The summed E-state index contributed by atoms with van der Waals surface area (Å²) < 4.78 is 34.9. The van der Waals surface area contributed by atoms with Crippen LogP contribution in [0.1, 0.15) is 35.2 Å². The lowest BCUT2D eigenvalue weighted by Crippen LogP contribution is -2.54. The molecule has 2 fully saturated rings. The summed E-state index contributed by atoms with van der Waals surface area (Å²) in [5, 5.41) is 4.18. The van der Waals surface area contributed by atoms with Crippen molar-refractivity contribution in [3.63, 3.8) is 0 Å². The molecule has 0 bridgehead atoms. The van der Waals surface area contributed by atoms with Crippen molar-refractivity contribution in [1.29, 1.82) is 0 Å². The summed E-state index contributed by atoms with van der Waals surface area (Å²) in [6, 6.07) is 17.7. The van der Waals surface area contributed by atoms with Gasteiger partial charge in [-0.15, -0.1) is 0 Å². The van der Waals surface area contributed by atoms with Crippen molar-refractivity contribution in [1.82, 2.24) is 9.62 Å². The number of fused-ring (bicyclic) bond motifs is 2. The topological polar surface area (TPSA) is 105 Å². The molecular formula is C29H33N3O5S. The summed E-state index contributed by atoms with van der Waals surface area (Å²) in [6.45, 7) is 3.73. The Labute approximate surface area is 223 Å². The first kappa shape index (κ1) is 26.3. The van der Waals surface area contributed by atoms with E-state index < -0.39 is 10.0 Å². The van der Waals surface area contributed by atoms with E-state index in [4.69, 9.17) is 4.74 Å². The number of aryl methyl sites for hydroxylation is 1. The van der Waals surface area contributed by atoms with Gasteiger partial charge in [-0.2, -0.15) is 0 Å². The molecule has 38 heavy (non-hydrogen) atoms. The van der Waals surface area contributed by atoms with Crippen LogP contribution in [0.25, 0.3) is 10.8 Å². The number of hydrogen-bond acceptors (Lipinski definition) is 6. The molecule has 1 heterocycles. The van der Waals surface area contributed by atoms with Crippen LogP contribution < -0.4 is 10.0 Å². The molecule has 3 aromatic carbocycles. The van der Waals surface area contributed by atoms with Gasteiger partial charge >= 0.3 is 5.97 Å². The van der Waals surface area contributed by atoms with Crippen LogP contribution in [0.2, 0.25) is 0 Å². The van der Waals surface area contributed by atoms with Gasteiger partial charge in [0.15, 0.2) is 0 Å². The van der Waals surface area contributed by atoms with E-state index in [1.807, 2.05) is 37.3 Å². The molecule has 200 valence electrons. The Morgan fingerprint density at radius 2 is 1.76 bits per heavy atom. The third-order valence-electron chi connectivity index (χ3n) is 7.88. The minimum Gasteiger partial charge on any atom is -0.468 e. The number of benzene rings is 3. The summed E-state index contributed by atoms with van der Waals surface area (Å²) in [6.07, 6.45) is 2.57. The van der Waals surface area contributed by atoms with E-state index in [0.717, 1.165) is 37.9 Å². The van der Waals surface area contributed by atoms with Gasteiger partial charge in [0.05, 0.1) is 18.6 Å². The van der Waals surface area contributed by atoms with Crippen molar-refractivity contribution in [3.8, 4) is 0 Å². The minimum atomic E-state index is -3.80. The van der Waals surface area contributed by atoms with Gasteiger partial charge in [-0.3, -0.25) is 14.5 Å². The number of hydrogen-bond donors (Lipinski definition) is 2. The van der Waals surface area contributed by atoms with E-state index in [1.165, 1.54) is 7.11 Å². The predicted octanol–water partition coefficient (Wildman–Crippen LogP) is 3.95. The quantitative estimate of drug-likeness (QED) is 0.444. The number of carbonyl (C=O) groups excluding carboxylic acids is 2. The van der Waals surface area contributed by atoms with Gasteiger partial charge in [-0.1, -0.05) is 42.5 Å². The first-order chi connectivity index (χ1) is 18.3. The van der Waals surface area contributed by atoms with Crippen molar-refractivity contribution >= 4 is 38.4 Å². The highest BCUT2D eigenvalue weighted by Gasteiger charge is 2.44. The largest absolute Gasteiger partial charge is 0.468 e. The lowest BCUT2D eigenvalue weighted by Gasteiger charge is -2.45. The Morgan fingerprint density at radius 1 is 1.03 bits per heavy atom. The van der Waals surface area contributed by atoms with Crippen molar-refractivity contribution in [2.45, 2.75) is 37.1 Å². The molecule has 0 aromatic heterocycles. The van der Waals surface area contributed by atoms with E-state index in [2.05, 4.69) is 14.9 Å². The molecule has 0 spiro atoms. The van der Waals surface area contributed by atoms with Gasteiger partial charge < -0.3 is 10.1 Å². The minimum absolute atomic E-state index is 0.137. The van der Waals surface area contributed by atoms with Crippen LogP contribution >= 0.6 is 0 Å². The van der Waals surface area contributed by atoms with Crippen LogP contribution in [0.5, 0.6) is 0 Å². The summed E-state index contributed by atoms with van der Waals surface area (Å²) >= 11 is 0. The summed E-state index contributed by atoms with van der Waals surface area (Å²) in [4.78, 5) is 27.0. The maximum Gasteiger partial charge on any atom is 0.319 e. The normalized spacial score (nSPS) is 21.7. The van der Waals surface area contributed by atoms with Crippen LogP contribution in [0, 0.1) is 18.8 Å². The number of esters is 1. The molecule has 1 saturated carbocycles. The molecule has 0 radical (unpaired) electrons. The van der Waals surface area contributed by atoms with Crippen LogP contribution in [0.3, 0.4) is 0 Å². The van der Waals surface area contributed by atoms with Crippen LogP contribution in [0.4, 0.5) is 5.69 Å². The Balaban J connectivity index is 1.34. The third-order valence-corrected chi connectivity index (χ3v) is 9.43. The van der Waals surface area contributed by atoms with Gasteiger partial charge in [0, 0.05) is 34.6 Å². The summed E-state index contributed by atoms with van der Waals surface area (Å²) in [7, 11) is -2.41. The highest BCUT2D eigenvalue weighted by atomic mass is 32.2. The average molecular weight is 536 g/mol. The van der Waals surface area contributed by atoms with Crippen molar-refractivity contribution < 1.29 is 22.7 Å². The van der Waals surface area contributed by atoms with Gasteiger partial charge in [-0.25, -0.2) is 13.1 Å². The second-order valence-electron chi connectivity index (χ2n) is 10.3. The molecule has 3 unspecified atom stereocenters. The third kappa shape index (κ3) is 5.32. The molecule has 8 nitrogen and oxygen atoms in total. The molecule has 1 aliphatic heterocycles. The molecule has 1 aliphatic carbocycles. The van der Waals surface area contributed by atoms with Crippen molar-refractivity contribution in [2.75, 3.05) is 32.1 Å². The lowest BCUT2D eigenvalue weighted by atomic mass is 9.68. The Morgan fingerprint density at radius 3 is 2.53 bits per heavy atom. The number of amides is 1. The zero-order valence-corrected chi connectivity index (χ0v) is 22.5. The van der Waals surface area contributed by atoms with E-state index in [-0.39, 0.29) is 35.3 Å². The highest BCUT2D eigenvalue weighted by Crippen LogP contribution is 2.41. The number of carbonyl (C=O) groups is 2. The highest BCUT2D eigenvalue weighted by molar-refractivity contribution is 7.89. The molecule has 5 rings (SSSR count). The second-order valence-corrected chi connectivity index (χ2v) is 11.9. The fraction of sp³-hybridized carbons (Fsp3) is 0.379. The van der Waals surface area contributed by atoms with Gasteiger partial charge in [0.2, 0.25) is 10.0 Å². The Bertz CT molecular complexity index is 1470. The van der Waals surface area contributed by atoms with E-state index in [0.29, 0.717) is 27.9 Å². The molecule has 1 saturated heterocycles. The monoisotopic (exact) mass is 535 g/mol. The Hall–Kier alpha value is -3.27. The van der Waals surface area contributed by atoms with Crippen molar-refractivity contribution in [2.24, 2.45) is 11.8 Å². The first-order valence-electron chi connectivity index (χ1n) is 13.0. The molecule has 2 aliphatic rings. The fourth-order valence-corrected chi connectivity index (χ4v) is 7.36. The number of nitrogens with zero attached hydrogens (tertiary/aromatic N) is 1. The molecule has 3 atom stereocenters. The number of sulfonamides is 1. The molecule has 3 aromatic rings. The SMILES string of the molecule is COC(=O)CN1CCCC2C(CC2NS(=O)(=O)c2ccc(NC(=O)c3ccccc3C)c3ccccc23)C1. The number of likely N-dealkylation sites (tertiary alicyclic amines) is 1. The second kappa shape index (κ2) is 10.8. The van der Waals surface area contributed by atoms with Gasteiger partial charge in [0.25, 0.3) is 5.91 Å². The standard InChI is InChI=1S/C29H33N3O5S/c1-19-8-3-4-9-21(19)29(34)30-25-13-14-27(24-11-6-5-10-23(24)25)38(35,36)31-26-16-20-17-32(18-28(33)37-2)15-7-12-22(20)26/h3-6,8-11,13-14,20,22,26,31H,7,12,15-18H2,1-2H3,(H,30,34). The molecular weight excluding hydrogens is 502 g/mol. The summed E-state index contributed by atoms with van der Waals surface area (Å²) in [5.41, 5.74) is 2.00. The number of ether oxygens (including phenoxy) is 1. The van der Waals surface area contributed by atoms with Gasteiger partial charge in [-0.05, 0) is 68.3 Å². The fourth-order valence-electron chi connectivity index (χ4n) is 5.85. The summed E-state index contributed by atoms with van der Waals surface area (Å²) in [5.74, 6) is 0.111. The zero-order chi connectivity index (χ0) is 26.9. The number of methoxy groups -OCH3 is 1. The van der Waals surface area contributed by atoms with Crippen molar-refractivity contribution in [3.05, 3.63) is 71.8 Å². The average Bonchev–Trinajstić information content (AvgIpc) is 3.05. The first-order valence-corrected chi connectivity index (χ1v) is 14.5. The zero-order valence-electron chi connectivity index (χ0n) is 21.6. The van der Waals surface area contributed by atoms with E-state index in [1.54, 1.807) is 30.3 Å². The maximum atomic E-state index is 13.6. The lowest BCUT2D eigenvalue weighted by molar-refractivity contribution is -0.142. The predicted molar refractivity (Wildman–Crippen MR) is 146 cm³/mol. The van der Waals surface area contributed by atoms with Crippen LogP contribution in [-0.4, -0.2) is 58.0 Å². The maximum absolute atomic E-state index is 13.6. The van der Waals surface area contributed by atoms with Gasteiger partial charge in [0.1, 0.15) is 0 Å².